The van der Waals surface area contributed by atoms with Crippen LogP contribution in [0.3, 0.4) is 0 Å². The van der Waals surface area contributed by atoms with Crippen LogP contribution in [0.1, 0.15) is 23.2 Å². The summed E-state index contributed by atoms with van der Waals surface area (Å²) >= 11 is 11.9. The van der Waals surface area contributed by atoms with E-state index in [4.69, 9.17) is 23.2 Å². The van der Waals surface area contributed by atoms with Gasteiger partial charge in [0, 0.05) is 17.3 Å². The highest BCUT2D eigenvalue weighted by molar-refractivity contribution is 6.35. The molecule has 1 aliphatic rings. The normalized spacial score (nSPS) is 14.4. The standard InChI is InChI=1S/C13H11Cl2N3O/c14-9-1-4-12(11(15)5-9)18-7-8(6-16-18)13(19)17-10-2-3-10/h1,4-7,10H,2-3H2,(H,17,19). The van der Waals surface area contributed by atoms with Crippen LogP contribution >= 0.6 is 23.2 Å². The van der Waals surface area contributed by atoms with Crippen molar-refractivity contribution < 1.29 is 4.79 Å². The summed E-state index contributed by atoms with van der Waals surface area (Å²) in [6.45, 7) is 0. The molecule has 0 spiro atoms. The van der Waals surface area contributed by atoms with Crippen molar-refractivity contribution in [1.29, 1.82) is 0 Å². The molecule has 0 bridgehead atoms. The van der Waals surface area contributed by atoms with Crippen LogP contribution in [-0.2, 0) is 0 Å². The molecule has 1 heterocycles. The van der Waals surface area contributed by atoms with E-state index in [2.05, 4.69) is 10.4 Å². The number of halogens is 2. The predicted molar refractivity (Wildman–Crippen MR) is 74.1 cm³/mol. The van der Waals surface area contributed by atoms with Crippen molar-refractivity contribution in [2.45, 2.75) is 18.9 Å². The number of aromatic nitrogens is 2. The largest absolute Gasteiger partial charge is 0.349 e. The van der Waals surface area contributed by atoms with Crippen molar-refractivity contribution in [3.63, 3.8) is 0 Å². The number of benzene rings is 1. The van der Waals surface area contributed by atoms with Crippen molar-refractivity contribution in [1.82, 2.24) is 15.1 Å². The van der Waals surface area contributed by atoms with Crippen molar-refractivity contribution >= 4 is 29.1 Å². The fourth-order valence-corrected chi connectivity index (χ4v) is 2.23. The van der Waals surface area contributed by atoms with Gasteiger partial charge in [0.15, 0.2) is 0 Å². The van der Waals surface area contributed by atoms with Gasteiger partial charge in [-0.05, 0) is 31.0 Å². The van der Waals surface area contributed by atoms with Gasteiger partial charge in [0.05, 0.1) is 22.5 Å². The summed E-state index contributed by atoms with van der Waals surface area (Å²) in [6, 6.07) is 5.47. The molecule has 19 heavy (non-hydrogen) atoms. The number of carbonyl (C=O) groups is 1. The van der Waals surface area contributed by atoms with Gasteiger partial charge in [-0.3, -0.25) is 4.79 Å². The Bertz CT molecular complexity index is 635. The number of carbonyl (C=O) groups excluding carboxylic acids is 1. The van der Waals surface area contributed by atoms with Gasteiger partial charge in [-0.25, -0.2) is 4.68 Å². The second-order valence-corrected chi connectivity index (χ2v) is 5.36. The molecule has 0 saturated heterocycles. The molecule has 2 aromatic rings. The third-order valence-electron chi connectivity index (χ3n) is 2.91. The van der Waals surface area contributed by atoms with Crippen molar-refractivity contribution in [2.75, 3.05) is 0 Å². The zero-order valence-electron chi connectivity index (χ0n) is 9.94. The minimum atomic E-state index is -0.0983. The average molecular weight is 296 g/mol. The molecule has 1 aliphatic carbocycles. The molecule has 4 nitrogen and oxygen atoms in total. The van der Waals surface area contributed by atoms with Gasteiger partial charge in [-0.1, -0.05) is 23.2 Å². The van der Waals surface area contributed by atoms with E-state index in [0.717, 1.165) is 12.8 Å². The third-order valence-corrected chi connectivity index (χ3v) is 3.45. The summed E-state index contributed by atoms with van der Waals surface area (Å²) in [7, 11) is 0. The molecule has 1 amide bonds. The maximum atomic E-state index is 11.9. The first-order chi connectivity index (χ1) is 9.13. The summed E-state index contributed by atoms with van der Waals surface area (Å²) in [4.78, 5) is 11.9. The number of hydrogen-bond acceptors (Lipinski definition) is 2. The number of nitrogens with one attached hydrogen (secondary N) is 1. The zero-order chi connectivity index (χ0) is 13.4. The molecule has 0 aliphatic heterocycles. The predicted octanol–water partition coefficient (Wildman–Crippen LogP) is 3.07. The van der Waals surface area contributed by atoms with Crippen LogP contribution in [0.4, 0.5) is 0 Å². The molecule has 6 heteroatoms. The lowest BCUT2D eigenvalue weighted by atomic mass is 10.3. The Kier molecular flexibility index (Phi) is 3.21. The third kappa shape index (κ3) is 2.74. The first kappa shape index (κ1) is 12.5. The second kappa shape index (κ2) is 4.87. The first-order valence-electron chi connectivity index (χ1n) is 5.94. The summed E-state index contributed by atoms with van der Waals surface area (Å²) in [5.74, 6) is -0.0983. The highest BCUT2D eigenvalue weighted by Crippen LogP contribution is 2.24. The molecule has 1 aromatic heterocycles. The van der Waals surface area contributed by atoms with Gasteiger partial charge in [0.25, 0.3) is 5.91 Å². The Morgan fingerprint density at radius 1 is 1.37 bits per heavy atom. The fourth-order valence-electron chi connectivity index (χ4n) is 1.74. The molecule has 1 fully saturated rings. The summed E-state index contributed by atoms with van der Waals surface area (Å²) in [5.41, 5.74) is 1.22. The van der Waals surface area contributed by atoms with Crippen LogP contribution in [0.15, 0.2) is 30.6 Å². The molecule has 0 atom stereocenters. The van der Waals surface area contributed by atoms with Crippen LogP contribution in [0, 0.1) is 0 Å². The first-order valence-corrected chi connectivity index (χ1v) is 6.70. The molecule has 1 saturated carbocycles. The van der Waals surface area contributed by atoms with Gasteiger partial charge in [0.2, 0.25) is 0 Å². The SMILES string of the molecule is O=C(NC1CC1)c1cnn(-c2ccc(Cl)cc2Cl)c1. The van der Waals surface area contributed by atoms with Crippen LogP contribution in [0.2, 0.25) is 10.0 Å². The number of hydrogen-bond donors (Lipinski definition) is 1. The van der Waals surface area contributed by atoms with E-state index in [1.54, 1.807) is 29.1 Å². The molecule has 3 rings (SSSR count). The highest BCUT2D eigenvalue weighted by atomic mass is 35.5. The Hall–Kier alpha value is -1.52. The second-order valence-electron chi connectivity index (χ2n) is 4.52. The Labute approximate surface area is 120 Å². The lowest BCUT2D eigenvalue weighted by molar-refractivity contribution is 0.0951. The van der Waals surface area contributed by atoms with Crippen LogP contribution in [0.5, 0.6) is 0 Å². The van der Waals surface area contributed by atoms with E-state index < -0.39 is 0 Å². The average Bonchev–Trinajstić information content (AvgIpc) is 3.04. The summed E-state index contributed by atoms with van der Waals surface area (Å²) in [6.07, 6.45) is 5.31. The minimum absolute atomic E-state index is 0.0983. The maximum absolute atomic E-state index is 11.9. The lowest BCUT2D eigenvalue weighted by Gasteiger charge is -2.04. The topological polar surface area (TPSA) is 46.9 Å². The number of amides is 1. The molecular weight excluding hydrogens is 285 g/mol. The Balaban J connectivity index is 1.85. The van der Waals surface area contributed by atoms with Crippen LogP contribution < -0.4 is 5.32 Å². The lowest BCUT2D eigenvalue weighted by Crippen LogP contribution is -2.24. The van der Waals surface area contributed by atoms with Crippen molar-refractivity contribution in [3.05, 3.63) is 46.2 Å². The van der Waals surface area contributed by atoms with Gasteiger partial charge in [-0.2, -0.15) is 5.10 Å². The zero-order valence-corrected chi connectivity index (χ0v) is 11.4. The van der Waals surface area contributed by atoms with E-state index in [0.29, 0.717) is 27.3 Å². The van der Waals surface area contributed by atoms with E-state index in [1.165, 1.54) is 6.20 Å². The van der Waals surface area contributed by atoms with E-state index in [1.807, 2.05) is 0 Å². The smallest absolute Gasteiger partial charge is 0.254 e. The van der Waals surface area contributed by atoms with Crippen molar-refractivity contribution in [3.8, 4) is 5.69 Å². The monoisotopic (exact) mass is 295 g/mol. The maximum Gasteiger partial charge on any atom is 0.254 e. The van der Waals surface area contributed by atoms with E-state index >= 15 is 0 Å². The summed E-state index contributed by atoms with van der Waals surface area (Å²) < 4.78 is 1.57. The van der Waals surface area contributed by atoms with Crippen LogP contribution in [-0.4, -0.2) is 21.7 Å². The molecule has 0 unspecified atom stereocenters. The molecule has 1 aromatic carbocycles. The van der Waals surface area contributed by atoms with E-state index in [-0.39, 0.29) is 5.91 Å². The number of nitrogens with zero attached hydrogens (tertiary/aromatic N) is 2. The quantitative estimate of drug-likeness (QED) is 0.946. The van der Waals surface area contributed by atoms with E-state index in [9.17, 15) is 4.79 Å². The van der Waals surface area contributed by atoms with Gasteiger partial charge >= 0.3 is 0 Å². The molecule has 1 N–H and O–H groups in total. The minimum Gasteiger partial charge on any atom is -0.349 e. The fraction of sp³-hybridized carbons (Fsp3) is 0.231. The Morgan fingerprint density at radius 3 is 2.84 bits per heavy atom. The van der Waals surface area contributed by atoms with Gasteiger partial charge in [0.1, 0.15) is 0 Å². The summed E-state index contributed by atoms with van der Waals surface area (Å²) in [5, 5.41) is 8.12. The molecule has 98 valence electrons. The highest BCUT2D eigenvalue weighted by Gasteiger charge is 2.24. The van der Waals surface area contributed by atoms with Crippen LogP contribution in [0.25, 0.3) is 5.69 Å². The molecular formula is C13H11Cl2N3O. The van der Waals surface area contributed by atoms with Gasteiger partial charge < -0.3 is 5.32 Å². The molecule has 0 radical (unpaired) electrons. The van der Waals surface area contributed by atoms with Gasteiger partial charge in [-0.15, -0.1) is 0 Å². The Morgan fingerprint density at radius 2 is 2.16 bits per heavy atom. The van der Waals surface area contributed by atoms with Crippen molar-refractivity contribution in [2.24, 2.45) is 0 Å². The number of rotatable bonds is 3.